The summed E-state index contributed by atoms with van der Waals surface area (Å²) in [4.78, 5) is 19.7. The molecular weight excluding hydrogens is 382 g/mol. The topological polar surface area (TPSA) is 89.0 Å². The standard InChI is InChI=1S/C12H9BrClN3O3S/c1-21(19,20)10-3-2-8(6-15-10)17-12(18)9-4-7(13)5-16-11(9)14/h2-6H,1H3,(H,17,18). The van der Waals surface area contributed by atoms with Crippen molar-refractivity contribution in [1.29, 1.82) is 0 Å². The summed E-state index contributed by atoms with van der Waals surface area (Å²) in [5.74, 6) is -0.470. The van der Waals surface area contributed by atoms with Gasteiger partial charge in [0.05, 0.1) is 17.4 Å². The van der Waals surface area contributed by atoms with Crippen LogP contribution >= 0.6 is 27.5 Å². The summed E-state index contributed by atoms with van der Waals surface area (Å²) in [5.41, 5.74) is 0.543. The van der Waals surface area contributed by atoms with Crippen molar-refractivity contribution < 1.29 is 13.2 Å². The molecule has 2 aromatic heterocycles. The van der Waals surface area contributed by atoms with E-state index >= 15 is 0 Å². The predicted octanol–water partition coefficient (Wildman–Crippen LogP) is 2.55. The molecule has 0 aliphatic rings. The molecule has 2 rings (SSSR count). The van der Waals surface area contributed by atoms with Gasteiger partial charge in [-0.3, -0.25) is 4.79 Å². The predicted molar refractivity (Wildman–Crippen MR) is 82.2 cm³/mol. The summed E-state index contributed by atoms with van der Waals surface area (Å²) in [6.07, 6.45) is 3.79. The summed E-state index contributed by atoms with van der Waals surface area (Å²) >= 11 is 9.06. The smallest absolute Gasteiger partial charge is 0.258 e. The quantitative estimate of drug-likeness (QED) is 0.814. The number of aromatic nitrogens is 2. The first kappa shape index (κ1) is 15.9. The van der Waals surface area contributed by atoms with Gasteiger partial charge in [0.1, 0.15) is 5.15 Å². The summed E-state index contributed by atoms with van der Waals surface area (Å²) in [6, 6.07) is 4.29. The van der Waals surface area contributed by atoms with E-state index in [4.69, 9.17) is 11.6 Å². The average Bonchev–Trinajstić information content (AvgIpc) is 2.41. The van der Waals surface area contributed by atoms with E-state index < -0.39 is 15.7 Å². The van der Waals surface area contributed by atoms with Crippen LogP contribution in [0.15, 0.2) is 40.1 Å². The number of amides is 1. The van der Waals surface area contributed by atoms with Crippen molar-refractivity contribution in [2.75, 3.05) is 11.6 Å². The highest BCUT2D eigenvalue weighted by atomic mass is 79.9. The Balaban J connectivity index is 2.22. The fourth-order valence-electron chi connectivity index (χ4n) is 1.45. The number of carbonyl (C=O) groups is 1. The fourth-order valence-corrected chi connectivity index (χ4v) is 2.53. The van der Waals surface area contributed by atoms with Crippen LogP contribution in [0.3, 0.4) is 0 Å². The van der Waals surface area contributed by atoms with E-state index in [0.717, 1.165) is 6.26 Å². The third-order valence-corrected chi connectivity index (χ3v) is 4.16. The van der Waals surface area contributed by atoms with E-state index in [2.05, 4.69) is 31.2 Å². The largest absolute Gasteiger partial charge is 0.320 e. The third kappa shape index (κ3) is 3.99. The van der Waals surface area contributed by atoms with Crippen molar-refractivity contribution in [3.05, 3.63) is 45.8 Å². The summed E-state index contributed by atoms with van der Waals surface area (Å²) < 4.78 is 23.2. The lowest BCUT2D eigenvalue weighted by Gasteiger charge is -2.07. The molecule has 0 aromatic carbocycles. The van der Waals surface area contributed by atoms with Crippen LogP contribution < -0.4 is 5.32 Å². The molecule has 0 bridgehead atoms. The number of pyridine rings is 2. The Labute approximate surface area is 134 Å². The maximum Gasteiger partial charge on any atom is 0.258 e. The number of hydrogen-bond acceptors (Lipinski definition) is 5. The van der Waals surface area contributed by atoms with Gasteiger partial charge >= 0.3 is 0 Å². The van der Waals surface area contributed by atoms with Gasteiger partial charge in [0, 0.05) is 16.9 Å². The summed E-state index contributed by atoms with van der Waals surface area (Å²) in [5, 5.41) is 2.56. The molecule has 6 nitrogen and oxygen atoms in total. The molecule has 0 atom stereocenters. The monoisotopic (exact) mass is 389 g/mol. The van der Waals surface area contributed by atoms with Crippen LogP contribution in [0.5, 0.6) is 0 Å². The van der Waals surface area contributed by atoms with Gasteiger partial charge in [0.2, 0.25) is 0 Å². The highest BCUT2D eigenvalue weighted by Crippen LogP contribution is 2.19. The van der Waals surface area contributed by atoms with E-state index in [9.17, 15) is 13.2 Å². The Bertz CT molecular complexity index is 794. The van der Waals surface area contributed by atoms with Crippen LogP contribution in [0.25, 0.3) is 0 Å². The second-order valence-electron chi connectivity index (χ2n) is 4.10. The van der Waals surface area contributed by atoms with Crippen LogP contribution in [0.2, 0.25) is 5.15 Å². The van der Waals surface area contributed by atoms with Crippen molar-refractivity contribution >= 4 is 49.0 Å². The maximum absolute atomic E-state index is 12.1. The third-order valence-electron chi connectivity index (χ3n) is 2.42. The normalized spacial score (nSPS) is 11.2. The first-order valence-electron chi connectivity index (χ1n) is 5.56. The Hall–Kier alpha value is -1.51. The molecule has 0 unspecified atom stereocenters. The Morgan fingerprint density at radius 1 is 1.29 bits per heavy atom. The van der Waals surface area contributed by atoms with Gasteiger partial charge in [-0.25, -0.2) is 18.4 Å². The lowest BCUT2D eigenvalue weighted by atomic mass is 10.2. The Kier molecular flexibility index (Phi) is 4.60. The maximum atomic E-state index is 12.1. The zero-order valence-electron chi connectivity index (χ0n) is 10.7. The van der Waals surface area contributed by atoms with Crippen LogP contribution in [0.4, 0.5) is 5.69 Å². The highest BCUT2D eigenvalue weighted by Gasteiger charge is 2.13. The second-order valence-corrected chi connectivity index (χ2v) is 7.34. The van der Waals surface area contributed by atoms with Crippen molar-refractivity contribution in [1.82, 2.24) is 9.97 Å². The minimum Gasteiger partial charge on any atom is -0.320 e. The molecule has 0 saturated carbocycles. The number of nitrogens with one attached hydrogen (secondary N) is 1. The van der Waals surface area contributed by atoms with Crippen molar-refractivity contribution in [2.45, 2.75) is 5.03 Å². The molecule has 0 aliphatic carbocycles. The second kappa shape index (κ2) is 6.08. The Morgan fingerprint density at radius 3 is 2.57 bits per heavy atom. The van der Waals surface area contributed by atoms with Gasteiger partial charge in [0.15, 0.2) is 14.9 Å². The van der Waals surface area contributed by atoms with Crippen molar-refractivity contribution in [2.24, 2.45) is 0 Å². The summed E-state index contributed by atoms with van der Waals surface area (Å²) in [7, 11) is -3.37. The zero-order valence-corrected chi connectivity index (χ0v) is 13.8. The molecule has 9 heteroatoms. The molecule has 21 heavy (non-hydrogen) atoms. The van der Waals surface area contributed by atoms with Gasteiger partial charge in [-0.15, -0.1) is 0 Å². The van der Waals surface area contributed by atoms with E-state index in [1.165, 1.54) is 30.6 Å². The van der Waals surface area contributed by atoms with Gasteiger partial charge in [-0.2, -0.15) is 0 Å². The zero-order chi connectivity index (χ0) is 15.6. The van der Waals surface area contributed by atoms with Gasteiger partial charge < -0.3 is 5.32 Å². The molecule has 110 valence electrons. The number of carbonyl (C=O) groups excluding carboxylic acids is 1. The van der Waals surface area contributed by atoms with Crippen LogP contribution in [0.1, 0.15) is 10.4 Å². The number of nitrogens with zero attached hydrogens (tertiary/aromatic N) is 2. The molecule has 2 aromatic rings. The number of halogens is 2. The molecule has 0 saturated heterocycles. The number of hydrogen-bond donors (Lipinski definition) is 1. The highest BCUT2D eigenvalue weighted by molar-refractivity contribution is 9.10. The van der Waals surface area contributed by atoms with E-state index in [0.29, 0.717) is 10.2 Å². The molecule has 1 N–H and O–H groups in total. The van der Waals surface area contributed by atoms with Gasteiger partial charge in [0.25, 0.3) is 5.91 Å². The lowest BCUT2D eigenvalue weighted by molar-refractivity contribution is 0.102. The van der Waals surface area contributed by atoms with Crippen molar-refractivity contribution in [3.63, 3.8) is 0 Å². The van der Waals surface area contributed by atoms with E-state index in [1.807, 2.05) is 0 Å². The number of anilines is 1. The van der Waals surface area contributed by atoms with E-state index in [1.54, 1.807) is 0 Å². The van der Waals surface area contributed by atoms with Crippen molar-refractivity contribution in [3.8, 4) is 0 Å². The Morgan fingerprint density at radius 2 is 2.00 bits per heavy atom. The van der Waals surface area contributed by atoms with Crippen LogP contribution in [-0.4, -0.2) is 30.5 Å². The van der Waals surface area contributed by atoms with Gasteiger partial charge in [-0.05, 0) is 34.1 Å². The molecule has 0 aliphatic heterocycles. The summed E-state index contributed by atoms with van der Waals surface area (Å²) in [6.45, 7) is 0. The van der Waals surface area contributed by atoms with Crippen LogP contribution in [-0.2, 0) is 9.84 Å². The SMILES string of the molecule is CS(=O)(=O)c1ccc(NC(=O)c2cc(Br)cnc2Cl)cn1. The average molecular weight is 391 g/mol. The van der Waals surface area contributed by atoms with Crippen LogP contribution in [0, 0.1) is 0 Å². The lowest BCUT2D eigenvalue weighted by Crippen LogP contribution is -2.13. The minimum atomic E-state index is -3.37. The molecule has 0 spiro atoms. The first-order chi connectivity index (χ1) is 9.77. The first-order valence-corrected chi connectivity index (χ1v) is 8.62. The molecule has 0 fully saturated rings. The molecule has 0 radical (unpaired) electrons. The molecule has 2 heterocycles. The molecule has 1 amide bonds. The fraction of sp³-hybridized carbons (Fsp3) is 0.0833. The minimum absolute atomic E-state index is 0.0661. The van der Waals surface area contributed by atoms with E-state index in [-0.39, 0.29) is 15.7 Å². The number of sulfone groups is 1. The molecular formula is C12H9BrClN3O3S. The number of rotatable bonds is 3. The van der Waals surface area contributed by atoms with Gasteiger partial charge in [-0.1, -0.05) is 11.6 Å².